The second-order valence-electron chi connectivity index (χ2n) is 6.82. The van der Waals surface area contributed by atoms with Gasteiger partial charge in [0.25, 0.3) is 5.91 Å². The molecule has 1 N–H and O–H groups in total. The van der Waals surface area contributed by atoms with E-state index in [4.69, 9.17) is 14.5 Å². The highest BCUT2D eigenvalue weighted by Gasteiger charge is 2.17. The van der Waals surface area contributed by atoms with Crippen LogP contribution in [0.4, 0.5) is 0 Å². The summed E-state index contributed by atoms with van der Waals surface area (Å²) in [5.41, 5.74) is 3.69. The van der Waals surface area contributed by atoms with Crippen LogP contribution in [0.2, 0.25) is 0 Å². The van der Waals surface area contributed by atoms with Crippen LogP contribution >= 0.6 is 0 Å². The van der Waals surface area contributed by atoms with Crippen LogP contribution in [-0.2, 0) is 13.6 Å². The van der Waals surface area contributed by atoms with E-state index in [9.17, 15) is 4.79 Å². The van der Waals surface area contributed by atoms with E-state index in [0.29, 0.717) is 28.8 Å². The van der Waals surface area contributed by atoms with Gasteiger partial charge in [0, 0.05) is 19.2 Å². The molecule has 0 unspecified atom stereocenters. The quantitative estimate of drug-likeness (QED) is 0.533. The SMILES string of the molecule is COc1ccc(CNC(=O)c2cc(-c3cccc(OC)c3)nc3c2cnn3C)cc1. The summed E-state index contributed by atoms with van der Waals surface area (Å²) in [7, 11) is 5.05. The number of nitrogens with one attached hydrogen (secondary N) is 1. The number of carbonyl (C=O) groups is 1. The topological polar surface area (TPSA) is 78.3 Å². The van der Waals surface area contributed by atoms with E-state index in [1.165, 1.54) is 0 Å². The van der Waals surface area contributed by atoms with Crippen molar-refractivity contribution in [3.8, 4) is 22.8 Å². The molecule has 0 atom stereocenters. The molecule has 152 valence electrons. The van der Waals surface area contributed by atoms with Crippen LogP contribution in [0.1, 0.15) is 15.9 Å². The van der Waals surface area contributed by atoms with E-state index < -0.39 is 0 Å². The van der Waals surface area contributed by atoms with E-state index in [1.54, 1.807) is 31.2 Å². The van der Waals surface area contributed by atoms with Crippen LogP contribution in [0.5, 0.6) is 11.5 Å². The van der Waals surface area contributed by atoms with Gasteiger partial charge in [-0.05, 0) is 35.9 Å². The highest BCUT2D eigenvalue weighted by molar-refractivity contribution is 6.06. The molecule has 2 heterocycles. The van der Waals surface area contributed by atoms with Crippen molar-refractivity contribution in [1.82, 2.24) is 20.1 Å². The second kappa shape index (κ2) is 8.24. The van der Waals surface area contributed by atoms with Gasteiger partial charge in [0.1, 0.15) is 11.5 Å². The first-order valence-electron chi connectivity index (χ1n) is 9.47. The molecule has 0 spiro atoms. The fraction of sp³-hybridized carbons (Fsp3) is 0.174. The van der Waals surface area contributed by atoms with Crippen molar-refractivity contribution in [3.63, 3.8) is 0 Å². The van der Waals surface area contributed by atoms with Crippen molar-refractivity contribution in [2.75, 3.05) is 14.2 Å². The predicted molar refractivity (Wildman–Crippen MR) is 115 cm³/mol. The Bertz CT molecular complexity index is 1200. The maximum Gasteiger partial charge on any atom is 0.252 e. The Hall–Kier alpha value is -3.87. The highest BCUT2D eigenvalue weighted by atomic mass is 16.5. The molecule has 30 heavy (non-hydrogen) atoms. The number of pyridine rings is 1. The molecule has 0 saturated heterocycles. The van der Waals surface area contributed by atoms with Gasteiger partial charge < -0.3 is 14.8 Å². The van der Waals surface area contributed by atoms with Gasteiger partial charge in [-0.1, -0.05) is 24.3 Å². The predicted octanol–water partition coefficient (Wildman–Crippen LogP) is 3.58. The third kappa shape index (κ3) is 3.82. The summed E-state index contributed by atoms with van der Waals surface area (Å²) < 4.78 is 12.2. The lowest BCUT2D eigenvalue weighted by molar-refractivity contribution is 0.0952. The molecule has 2 aromatic heterocycles. The number of rotatable bonds is 6. The van der Waals surface area contributed by atoms with Crippen molar-refractivity contribution in [2.45, 2.75) is 6.54 Å². The average molecular weight is 402 g/mol. The molecule has 0 fully saturated rings. The van der Waals surface area contributed by atoms with E-state index in [0.717, 1.165) is 22.6 Å². The summed E-state index contributed by atoms with van der Waals surface area (Å²) in [5, 5.41) is 7.97. The van der Waals surface area contributed by atoms with Crippen molar-refractivity contribution in [3.05, 3.63) is 71.9 Å². The molecule has 0 saturated carbocycles. The van der Waals surface area contributed by atoms with Crippen molar-refractivity contribution >= 4 is 16.9 Å². The summed E-state index contributed by atoms with van der Waals surface area (Å²) >= 11 is 0. The first-order valence-corrected chi connectivity index (χ1v) is 9.47. The Balaban J connectivity index is 1.67. The second-order valence-corrected chi connectivity index (χ2v) is 6.82. The number of aromatic nitrogens is 3. The lowest BCUT2D eigenvalue weighted by Crippen LogP contribution is -2.23. The van der Waals surface area contributed by atoms with Crippen LogP contribution in [0.25, 0.3) is 22.3 Å². The van der Waals surface area contributed by atoms with Gasteiger partial charge in [-0.2, -0.15) is 5.10 Å². The van der Waals surface area contributed by atoms with Crippen LogP contribution in [0.15, 0.2) is 60.8 Å². The summed E-state index contributed by atoms with van der Waals surface area (Å²) in [5.74, 6) is 1.32. The number of ether oxygens (including phenoxy) is 2. The zero-order valence-corrected chi connectivity index (χ0v) is 17.0. The molecule has 7 heteroatoms. The molecule has 0 aliphatic heterocycles. The normalized spacial score (nSPS) is 10.8. The number of fused-ring (bicyclic) bond motifs is 1. The third-order valence-electron chi connectivity index (χ3n) is 4.93. The molecule has 7 nitrogen and oxygen atoms in total. The summed E-state index contributed by atoms with van der Waals surface area (Å²) in [6.07, 6.45) is 1.67. The lowest BCUT2D eigenvalue weighted by Gasteiger charge is -2.10. The molecule has 0 aliphatic carbocycles. The van der Waals surface area contributed by atoms with Gasteiger partial charge in [-0.25, -0.2) is 4.98 Å². The van der Waals surface area contributed by atoms with Crippen LogP contribution in [0.3, 0.4) is 0 Å². The van der Waals surface area contributed by atoms with Crippen LogP contribution < -0.4 is 14.8 Å². The molecule has 0 bridgehead atoms. The minimum atomic E-state index is -0.185. The number of aryl methyl sites for hydroxylation is 1. The van der Waals surface area contributed by atoms with Gasteiger partial charge in [0.05, 0.1) is 37.1 Å². The summed E-state index contributed by atoms with van der Waals surface area (Å²) in [6, 6.07) is 17.0. The largest absolute Gasteiger partial charge is 0.497 e. The third-order valence-corrected chi connectivity index (χ3v) is 4.93. The van der Waals surface area contributed by atoms with Gasteiger partial charge in [-0.15, -0.1) is 0 Å². The average Bonchev–Trinajstić information content (AvgIpc) is 3.18. The number of nitrogens with zero attached hydrogens (tertiary/aromatic N) is 3. The van der Waals surface area contributed by atoms with Crippen LogP contribution in [-0.4, -0.2) is 34.9 Å². The van der Waals surface area contributed by atoms with Gasteiger partial charge in [0.15, 0.2) is 5.65 Å². The first-order chi connectivity index (χ1) is 14.6. The van der Waals surface area contributed by atoms with Gasteiger partial charge in [-0.3, -0.25) is 9.48 Å². The Labute approximate surface area is 174 Å². The van der Waals surface area contributed by atoms with E-state index in [1.807, 2.05) is 55.6 Å². The summed E-state index contributed by atoms with van der Waals surface area (Å²) in [6.45, 7) is 0.404. The number of benzene rings is 2. The molecular formula is C23H22N4O3. The monoisotopic (exact) mass is 402 g/mol. The van der Waals surface area contributed by atoms with Gasteiger partial charge >= 0.3 is 0 Å². The molecule has 2 aromatic carbocycles. The number of methoxy groups -OCH3 is 2. The Kier molecular flexibility index (Phi) is 5.34. The van der Waals surface area contributed by atoms with Crippen molar-refractivity contribution in [1.29, 1.82) is 0 Å². The minimum Gasteiger partial charge on any atom is -0.497 e. The standard InChI is InChI=1S/C23H22N4O3/c1-27-22-20(14-25-27)19(12-21(26-22)16-5-4-6-18(11-16)30-3)23(28)24-13-15-7-9-17(29-2)10-8-15/h4-12,14H,13H2,1-3H3,(H,24,28). The molecule has 0 radical (unpaired) electrons. The fourth-order valence-corrected chi connectivity index (χ4v) is 3.25. The number of carbonyl (C=O) groups excluding carboxylic acids is 1. The number of hydrogen-bond acceptors (Lipinski definition) is 5. The zero-order valence-electron chi connectivity index (χ0n) is 17.0. The van der Waals surface area contributed by atoms with Crippen molar-refractivity contribution < 1.29 is 14.3 Å². The highest BCUT2D eigenvalue weighted by Crippen LogP contribution is 2.27. The Morgan fingerprint density at radius 2 is 1.80 bits per heavy atom. The van der Waals surface area contributed by atoms with E-state index in [2.05, 4.69) is 10.4 Å². The van der Waals surface area contributed by atoms with Gasteiger partial charge in [0.2, 0.25) is 0 Å². The zero-order chi connectivity index (χ0) is 21.1. The molecule has 4 rings (SSSR count). The van der Waals surface area contributed by atoms with Crippen molar-refractivity contribution in [2.24, 2.45) is 7.05 Å². The number of amides is 1. The lowest BCUT2D eigenvalue weighted by atomic mass is 10.1. The fourth-order valence-electron chi connectivity index (χ4n) is 3.25. The maximum atomic E-state index is 13.0. The van der Waals surface area contributed by atoms with Crippen LogP contribution in [0, 0.1) is 0 Å². The minimum absolute atomic E-state index is 0.185. The smallest absolute Gasteiger partial charge is 0.252 e. The Morgan fingerprint density at radius 1 is 1.03 bits per heavy atom. The van der Waals surface area contributed by atoms with E-state index in [-0.39, 0.29) is 5.91 Å². The first kappa shape index (κ1) is 19.4. The molecule has 0 aliphatic rings. The number of hydrogen-bond donors (Lipinski definition) is 1. The Morgan fingerprint density at radius 3 is 2.53 bits per heavy atom. The molecule has 4 aromatic rings. The maximum absolute atomic E-state index is 13.0. The van der Waals surface area contributed by atoms with E-state index >= 15 is 0 Å². The molecular weight excluding hydrogens is 380 g/mol. The molecule has 1 amide bonds. The summed E-state index contributed by atoms with van der Waals surface area (Å²) in [4.78, 5) is 17.8.